The first-order chi connectivity index (χ1) is 14.0. The molecule has 6 nitrogen and oxygen atoms in total. The van der Waals surface area contributed by atoms with Gasteiger partial charge in [0.2, 0.25) is 5.91 Å². The van der Waals surface area contributed by atoms with Crippen LogP contribution in [0.5, 0.6) is 5.75 Å². The Morgan fingerprint density at radius 1 is 1.17 bits per heavy atom. The maximum Gasteiger partial charge on any atom is 0.254 e. The second-order valence-corrected chi connectivity index (χ2v) is 7.52. The Hall–Kier alpha value is -2.86. The summed E-state index contributed by atoms with van der Waals surface area (Å²) in [4.78, 5) is 27.0. The Bertz CT molecular complexity index is 838. The zero-order valence-corrected chi connectivity index (χ0v) is 16.9. The van der Waals surface area contributed by atoms with Gasteiger partial charge in [0.25, 0.3) is 5.91 Å². The first-order valence-electron chi connectivity index (χ1n) is 10.0. The predicted octanol–water partition coefficient (Wildman–Crippen LogP) is 2.93. The van der Waals surface area contributed by atoms with Gasteiger partial charge < -0.3 is 20.1 Å². The van der Waals surface area contributed by atoms with Gasteiger partial charge in [-0.3, -0.25) is 9.59 Å². The van der Waals surface area contributed by atoms with E-state index in [2.05, 4.69) is 5.32 Å². The van der Waals surface area contributed by atoms with Crippen LogP contribution < -0.4 is 10.1 Å². The minimum atomic E-state index is -0.852. The van der Waals surface area contributed by atoms with Crippen molar-refractivity contribution < 1.29 is 19.4 Å². The first-order valence-corrected chi connectivity index (χ1v) is 10.0. The number of nitrogens with one attached hydrogen (secondary N) is 1. The highest BCUT2D eigenvalue weighted by molar-refractivity contribution is 5.97. The highest BCUT2D eigenvalue weighted by atomic mass is 16.5. The van der Waals surface area contributed by atoms with Crippen molar-refractivity contribution in [3.05, 3.63) is 65.7 Å². The predicted molar refractivity (Wildman–Crippen MR) is 111 cm³/mol. The molecule has 0 aliphatic carbocycles. The van der Waals surface area contributed by atoms with E-state index in [1.54, 1.807) is 29.2 Å². The number of ether oxygens (including phenoxy) is 1. The Morgan fingerprint density at radius 2 is 1.93 bits per heavy atom. The third-order valence-electron chi connectivity index (χ3n) is 4.92. The van der Waals surface area contributed by atoms with Gasteiger partial charge in [-0.15, -0.1) is 0 Å². The average Bonchev–Trinajstić information content (AvgIpc) is 3.21. The van der Waals surface area contributed by atoms with Gasteiger partial charge in [-0.2, -0.15) is 0 Å². The van der Waals surface area contributed by atoms with Gasteiger partial charge in [0.15, 0.2) is 0 Å². The minimum Gasteiger partial charge on any atom is -0.491 e. The Labute approximate surface area is 171 Å². The van der Waals surface area contributed by atoms with Gasteiger partial charge >= 0.3 is 0 Å². The lowest BCUT2D eigenvalue weighted by atomic mass is 10.1. The number of hydrogen-bond acceptors (Lipinski definition) is 4. The van der Waals surface area contributed by atoms with Crippen molar-refractivity contribution in [1.82, 2.24) is 10.2 Å². The summed E-state index contributed by atoms with van der Waals surface area (Å²) in [5, 5.41) is 13.3. The largest absolute Gasteiger partial charge is 0.491 e. The van der Waals surface area contributed by atoms with Gasteiger partial charge in [-0.05, 0) is 56.5 Å². The Balaban J connectivity index is 1.59. The number of carbonyl (C=O) groups excluding carboxylic acids is 2. The molecule has 1 aliphatic heterocycles. The van der Waals surface area contributed by atoms with Crippen LogP contribution in [-0.4, -0.2) is 47.1 Å². The fourth-order valence-corrected chi connectivity index (χ4v) is 3.53. The number of nitrogens with zero attached hydrogens (tertiary/aromatic N) is 1. The standard InChI is InChI=1S/C23H28N2O4/c1-16(2)29-19-11-6-10-18(14-19)21(26)15-24-22(27)20-12-7-13-25(20)23(28)17-8-4-3-5-9-17/h3-6,8-11,14,16,20-21,26H,7,12-13,15H2,1-2H3,(H,24,27). The average molecular weight is 396 g/mol. The lowest BCUT2D eigenvalue weighted by Crippen LogP contribution is -2.46. The third kappa shape index (κ3) is 5.35. The number of amides is 2. The molecule has 6 heteroatoms. The van der Waals surface area contributed by atoms with E-state index in [-0.39, 0.29) is 24.5 Å². The number of aliphatic hydroxyl groups excluding tert-OH is 1. The summed E-state index contributed by atoms with van der Waals surface area (Å²) in [7, 11) is 0. The molecule has 0 aromatic heterocycles. The highest BCUT2D eigenvalue weighted by Gasteiger charge is 2.34. The number of rotatable bonds is 7. The molecule has 154 valence electrons. The smallest absolute Gasteiger partial charge is 0.254 e. The summed E-state index contributed by atoms with van der Waals surface area (Å²) in [5.41, 5.74) is 1.25. The topological polar surface area (TPSA) is 78.9 Å². The minimum absolute atomic E-state index is 0.0394. The summed E-state index contributed by atoms with van der Waals surface area (Å²) in [5.74, 6) is 0.307. The molecule has 0 saturated carbocycles. The van der Waals surface area contributed by atoms with Gasteiger partial charge in [0.05, 0.1) is 12.2 Å². The van der Waals surface area contributed by atoms with Crippen LogP contribution in [-0.2, 0) is 4.79 Å². The molecular formula is C23H28N2O4. The molecule has 2 aromatic carbocycles. The van der Waals surface area contributed by atoms with Crippen molar-refractivity contribution in [2.75, 3.05) is 13.1 Å². The number of benzene rings is 2. The highest BCUT2D eigenvalue weighted by Crippen LogP contribution is 2.22. The monoisotopic (exact) mass is 396 g/mol. The second kappa shape index (κ2) is 9.56. The quantitative estimate of drug-likeness (QED) is 0.754. The van der Waals surface area contributed by atoms with Crippen LogP contribution in [0.2, 0.25) is 0 Å². The second-order valence-electron chi connectivity index (χ2n) is 7.52. The van der Waals surface area contributed by atoms with Crippen molar-refractivity contribution in [2.24, 2.45) is 0 Å². The Morgan fingerprint density at radius 3 is 2.66 bits per heavy atom. The lowest BCUT2D eigenvalue weighted by Gasteiger charge is -2.24. The first kappa shape index (κ1) is 20.9. The lowest BCUT2D eigenvalue weighted by molar-refractivity contribution is -0.125. The molecular weight excluding hydrogens is 368 g/mol. The maximum atomic E-state index is 12.7. The van der Waals surface area contributed by atoms with E-state index in [1.165, 1.54) is 0 Å². The van der Waals surface area contributed by atoms with Crippen LogP contribution in [0.4, 0.5) is 0 Å². The molecule has 1 aliphatic rings. The third-order valence-corrected chi connectivity index (χ3v) is 4.92. The van der Waals surface area contributed by atoms with Gasteiger partial charge in [-0.25, -0.2) is 0 Å². The summed E-state index contributed by atoms with van der Waals surface area (Å²) in [6, 6.07) is 15.7. The summed E-state index contributed by atoms with van der Waals surface area (Å²) < 4.78 is 5.65. The normalized spacial score (nSPS) is 17.2. The SMILES string of the molecule is CC(C)Oc1cccc(C(O)CNC(=O)C2CCCN2C(=O)c2ccccc2)c1. The molecule has 1 heterocycles. The molecule has 2 atom stereocenters. The molecule has 29 heavy (non-hydrogen) atoms. The van der Waals surface area contributed by atoms with Crippen LogP contribution in [0.1, 0.15) is 48.7 Å². The van der Waals surface area contributed by atoms with Crippen LogP contribution in [0.3, 0.4) is 0 Å². The van der Waals surface area contributed by atoms with Crippen LogP contribution in [0.25, 0.3) is 0 Å². The number of aliphatic hydroxyl groups is 1. The van der Waals surface area contributed by atoms with E-state index in [0.29, 0.717) is 29.8 Å². The maximum absolute atomic E-state index is 12.7. The fourth-order valence-electron chi connectivity index (χ4n) is 3.53. The van der Waals surface area contributed by atoms with Crippen molar-refractivity contribution in [3.63, 3.8) is 0 Å². The molecule has 2 amide bonds. The molecule has 2 unspecified atom stereocenters. The molecule has 2 aromatic rings. The van der Waals surface area contributed by atoms with Crippen LogP contribution in [0, 0.1) is 0 Å². The molecule has 0 spiro atoms. The summed E-state index contributed by atoms with van der Waals surface area (Å²) in [6.07, 6.45) is 0.596. The van der Waals surface area contributed by atoms with Crippen molar-refractivity contribution in [1.29, 1.82) is 0 Å². The van der Waals surface area contributed by atoms with Gasteiger partial charge in [0, 0.05) is 18.7 Å². The van der Waals surface area contributed by atoms with Gasteiger partial charge in [0.1, 0.15) is 11.8 Å². The van der Waals surface area contributed by atoms with E-state index in [9.17, 15) is 14.7 Å². The molecule has 3 rings (SSSR count). The van der Waals surface area contributed by atoms with Crippen molar-refractivity contribution in [3.8, 4) is 5.75 Å². The Kier molecular flexibility index (Phi) is 6.88. The summed E-state index contributed by atoms with van der Waals surface area (Å²) in [6.45, 7) is 4.51. The van der Waals surface area contributed by atoms with Crippen LogP contribution >= 0.6 is 0 Å². The zero-order chi connectivity index (χ0) is 20.8. The molecule has 1 saturated heterocycles. The summed E-state index contributed by atoms with van der Waals surface area (Å²) >= 11 is 0. The van der Waals surface area contributed by atoms with E-state index in [4.69, 9.17) is 4.74 Å². The van der Waals surface area contributed by atoms with E-state index < -0.39 is 12.1 Å². The number of carbonyl (C=O) groups is 2. The van der Waals surface area contributed by atoms with Crippen molar-refractivity contribution in [2.45, 2.75) is 44.9 Å². The van der Waals surface area contributed by atoms with Crippen LogP contribution in [0.15, 0.2) is 54.6 Å². The van der Waals surface area contributed by atoms with E-state index in [0.717, 1.165) is 6.42 Å². The number of likely N-dealkylation sites (tertiary alicyclic amines) is 1. The van der Waals surface area contributed by atoms with Crippen molar-refractivity contribution >= 4 is 11.8 Å². The molecule has 0 bridgehead atoms. The van der Waals surface area contributed by atoms with Gasteiger partial charge in [-0.1, -0.05) is 30.3 Å². The number of hydrogen-bond donors (Lipinski definition) is 2. The van der Waals surface area contributed by atoms with E-state index >= 15 is 0 Å². The molecule has 0 radical (unpaired) electrons. The van der Waals surface area contributed by atoms with E-state index in [1.807, 2.05) is 44.2 Å². The molecule has 2 N–H and O–H groups in total. The zero-order valence-electron chi connectivity index (χ0n) is 16.9. The fraction of sp³-hybridized carbons (Fsp3) is 0.391. The molecule has 1 fully saturated rings.